The first-order chi connectivity index (χ1) is 35.3. The zero-order valence-electron chi connectivity index (χ0n) is 52.8. The third-order valence-electron chi connectivity index (χ3n) is 14.5. The van der Waals surface area contributed by atoms with Gasteiger partial charge < -0.3 is 4.90 Å². The molecule has 3 aliphatic rings. The van der Waals surface area contributed by atoms with Crippen LogP contribution in [-0.2, 0) is 32.5 Å². The summed E-state index contributed by atoms with van der Waals surface area (Å²) in [6, 6.07) is 13.0. The Kier molecular flexibility index (Phi) is 7.82. The van der Waals surface area contributed by atoms with Crippen molar-refractivity contribution in [3.63, 3.8) is 0 Å². The molecular formula is C62H72BN3S. The van der Waals surface area contributed by atoms with E-state index in [0.29, 0.717) is 22.2 Å². The number of hydrogen-bond donors (Lipinski definition) is 0. The third-order valence-corrected chi connectivity index (χ3v) is 15.7. The summed E-state index contributed by atoms with van der Waals surface area (Å²) in [7, 11) is 0. The molecule has 0 saturated heterocycles. The highest BCUT2D eigenvalue weighted by Crippen LogP contribution is 2.53. The van der Waals surface area contributed by atoms with Crippen LogP contribution < -0.4 is 25.5 Å². The fraction of sp³-hybridized carbons (Fsp3) is 0.403. The molecule has 0 spiro atoms. The number of hydrogen-bond acceptors (Lipinski definition) is 4. The van der Waals surface area contributed by atoms with E-state index in [1.807, 2.05) is 69.2 Å². The first-order valence-corrected chi connectivity index (χ1v) is 24.9. The molecule has 2 aromatic heterocycles. The lowest BCUT2D eigenvalue weighted by Crippen LogP contribution is -2.61. The number of nitrogens with zero attached hydrogens (tertiary/aromatic N) is 3. The first kappa shape index (κ1) is 35.1. The Morgan fingerprint density at radius 2 is 1.18 bits per heavy atom. The van der Waals surface area contributed by atoms with E-state index in [-0.39, 0.29) is 104 Å². The van der Waals surface area contributed by atoms with Crippen molar-refractivity contribution in [1.29, 1.82) is 0 Å². The van der Waals surface area contributed by atoms with Gasteiger partial charge in [-0.1, -0.05) is 165 Å². The summed E-state index contributed by atoms with van der Waals surface area (Å²) in [6.45, 7) is 34.0. The Labute approximate surface area is 421 Å². The summed E-state index contributed by atoms with van der Waals surface area (Å²) >= 11 is 1.64. The van der Waals surface area contributed by atoms with E-state index in [0.717, 1.165) is 50.3 Å². The largest absolute Gasteiger partial charge is 0.310 e. The lowest BCUT2D eigenvalue weighted by atomic mass is 9.36. The van der Waals surface area contributed by atoms with E-state index < -0.39 is 35.0 Å². The van der Waals surface area contributed by atoms with Gasteiger partial charge in [0.2, 0.25) is 0 Å². The van der Waals surface area contributed by atoms with Crippen LogP contribution in [0, 0.1) is 6.92 Å². The Morgan fingerprint density at radius 1 is 0.597 bits per heavy atom. The SMILES string of the molecule is [2H]c1c([2H])c(C(C)(C)C)c([2H])c([2H])c1-c1c([2H])c(C(C)(C)C)c([2H])c([2H])c1N1c2nc(C)cc3c2B(c2sc4ccc(C(C)(C)C)cc4c2N3c2ccc3c(c2)C(C)(C)CCC3(C)C)c2c([2H])c(C(C)(C)C)c([2H])c([2H])c21. The molecule has 3 nitrogen and oxygen atoms in total. The molecule has 10 rings (SSSR count). The Balaban J connectivity index is 1.44. The summed E-state index contributed by atoms with van der Waals surface area (Å²) in [4.78, 5) is 9.34. The Morgan fingerprint density at radius 3 is 1.81 bits per heavy atom. The minimum Gasteiger partial charge on any atom is -0.310 e. The third kappa shape index (κ3) is 7.49. The standard InChI is InChI=1S/C62H72BN3S/c1-37-32-51-53-56(64-37)66(49-27-22-40(58(5,6)7)33-44(49)38-18-20-39(21-19-38)57(2,3)4)50-28-23-42(60(11,12)13)35-48(50)63(53)55-54(45-34-41(59(8,9)10)24-29-52(45)67-55)65(51)43-25-26-46-47(36-43)62(16,17)31-30-61(46,14)15/h18-29,32-36H,30-31H2,1-17H3/i18D,19D,20D,21D,22D,23D,27D,28D,33D,35D. The monoisotopic (exact) mass is 912 g/mol. The first-order valence-electron chi connectivity index (χ1n) is 29.1. The van der Waals surface area contributed by atoms with Crippen molar-refractivity contribution in [3.05, 3.63) is 142 Å². The second-order valence-corrected chi connectivity index (χ2v) is 26.0. The average molecular weight is 912 g/mol. The fourth-order valence-electron chi connectivity index (χ4n) is 10.2. The number of benzene rings is 5. The summed E-state index contributed by atoms with van der Waals surface area (Å²) in [5.74, 6) is 0.273. The molecule has 5 aromatic carbocycles. The number of fused-ring (bicyclic) bond motifs is 7. The van der Waals surface area contributed by atoms with E-state index >= 15 is 0 Å². The topological polar surface area (TPSA) is 19.4 Å². The van der Waals surface area contributed by atoms with Gasteiger partial charge in [-0.05, 0) is 151 Å². The molecule has 0 unspecified atom stereocenters. The molecule has 1 aliphatic carbocycles. The van der Waals surface area contributed by atoms with E-state index in [1.165, 1.54) is 11.1 Å². The number of anilines is 6. The van der Waals surface area contributed by atoms with Crippen molar-refractivity contribution < 1.29 is 13.7 Å². The van der Waals surface area contributed by atoms with Gasteiger partial charge in [0.25, 0.3) is 6.71 Å². The van der Waals surface area contributed by atoms with Gasteiger partial charge in [0.05, 0.1) is 25.1 Å². The second kappa shape index (κ2) is 14.9. The van der Waals surface area contributed by atoms with Crippen LogP contribution in [0.3, 0.4) is 0 Å². The predicted octanol–water partition coefficient (Wildman–Crippen LogP) is 15.9. The maximum atomic E-state index is 10.6. The van der Waals surface area contributed by atoms with Crippen molar-refractivity contribution in [3.8, 4) is 11.1 Å². The second-order valence-electron chi connectivity index (χ2n) is 24.9. The van der Waals surface area contributed by atoms with Crippen LogP contribution in [0.2, 0.25) is 0 Å². The van der Waals surface area contributed by atoms with Gasteiger partial charge in [-0.15, -0.1) is 11.3 Å². The van der Waals surface area contributed by atoms with Gasteiger partial charge in [-0.2, -0.15) is 0 Å². The van der Waals surface area contributed by atoms with Crippen molar-refractivity contribution >= 4 is 78.1 Å². The molecule has 0 radical (unpaired) electrons. The average Bonchev–Trinajstić information content (AvgIpc) is 3.93. The molecule has 344 valence electrons. The van der Waals surface area contributed by atoms with Gasteiger partial charge in [-0.3, -0.25) is 4.90 Å². The highest BCUT2D eigenvalue weighted by molar-refractivity contribution is 7.33. The maximum absolute atomic E-state index is 10.6. The maximum Gasteiger partial charge on any atom is 0.266 e. The number of thiophene rings is 1. The minimum absolute atomic E-state index is 0.0528. The van der Waals surface area contributed by atoms with E-state index in [4.69, 9.17) is 4.98 Å². The summed E-state index contributed by atoms with van der Waals surface area (Å²) < 4.78 is 102. The fourth-order valence-corrected chi connectivity index (χ4v) is 11.5. The Hall–Kier alpha value is -5.13. The van der Waals surface area contributed by atoms with Crippen molar-refractivity contribution in [1.82, 2.24) is 4.98 Å². The number of aromatic nitrogens is 1. The van der Waals surface area contributed by atoms with Crippen LogP contribution in [0.4, 0.5) is 34.3 Å². The number of aryl methyl sites for hydroxylation is 1. The number of pyridine rings is 1. The normalized spacial score (nSPS) is 18.6. The minimum atomic E-state index is -0.902. The molecule has 0 saturated carbocycles. The smallest absolute Gasteiger partial charge is 0.266 e. The van der Waals surface area contributed by atoms with Crippen molar-refractivity contribution in [2.75, 3.05) is 9.80 Å². The van der Waals surface area contributed by atoms with Crippen molar-refractivity contribution in [2.24, 2.45) is 0 Å². The molecule has 4 heterocycles. The van der Waals surface area contributed by atoms with E-state index in [1.54, 1.807) is 16.2 Å². The molecule has 0 atom stereocenters. The molecule has 7 aromatic rings. The molecule has 67 heavy (non-hydrogen) atoms. The van der Waals surface area contributed by atoms with Gasteiger partial charge in [0, 0.05) is 43.2 Å². The van der Waals surface area contributed by atoms with Crippen LogP contribution in [0.25, 0.3) is 21.2 Å². The zero-order valence-corrected chi connectivity index (χ0v) is 43.6. The molecule has 2 aliphatic heterocycles. The summed E-state index contributed by atoms with van der Waals surface area (Å²) in [5, 5.41) is 1.04. The van der Waals surface area contributed by atoms with Crippen LogP contribution in [0.5, 0.6) is 0 Å². The van der Waals surface area contributed by atoms with Gasteiger partial charge in [0.15, 0.2) is 0 Å². The Bertz CT molecular complexity index is 3710. The van der Waals surface area contributed by atoms with Crippen LogP contribution >= 0.6 is 11.3 Å². The highest BCUT2D eigenvalue weighted by atomic mass is 32.1. The van der Waals surface area contributed by atoms with Gasteiger partial charge >= 0.3 is 0 Å². The predicted molar refractivity (Wildman–Crippen MR) is 294 cm³/mol. The van der Waals surface area contributed by atoms with Crippen LogP contribution in [0.15, 0.2) is 103 Å². The van der Waals surface area contributed by atoms with Gasteiger partial charge in [0.1, 0.15) is 5.82 Å². The van der Waals surface area contributed by atoms with E-state index in [2.05, 4.69) is 95.8 Å². The lowest BCUT2D eigenvalue weighted by molar-refractivity contribution is 0.332. The van der Waals surface area contributed by atoms with E-state index in [9.17, 15) is 13.7 Å². The molecule has 5 heteroatoms. The molecule has 0 amide bonds. The van der Waals surface area contributed by atoms with Crippen LogP contribution in [-0.4, -0.2) is 11.7 Å². The summed E-state index contributed by atoms with van der Waals surface area (Å²) in [6.07, 6.45) is 2.06. The van der Waals surface area contributed by atoms with Crippen molar-refractivity contribution in [2.45, 2.75) is 163 Å². The molecular weight excluding hydrogens is 830 g/mol. The lowest BCUT2D eigenvalue weighted by Gasteiger charge is -2.45. The quantitative estimate of drug-likeness (QED) is 0.165. The number of rotatable bonds is 3. The van der Waals surface area contributed by atoms with Gasteiger partial charge in [-0.25, -0.2) is 4.98 Å². The molecule has 0 fully saturated rings. The molecule has 0 N–H and O–H groups in total. The summed E-state index contributed by atoms with van der Waals surface area (Å²) in [5.41, 5.74) is 5.60. The highest BCUT2D eigenvalue weighted by Gasteiger charge is 2.48. The zero-order chi connectivity index (χ0) is 56.8. The van der Waals surface area contributed by atoms with Crippen LogP contribution in [0.1, 0.15) is 176 Å². The molecule has 0 bridgehead atoms.